The molecule has 0 aliphatic carbocycles. The van der Waals surface area contributed by atoms with E-state index in [1.165, 1.54) is 0 Å². The highest BCUT2D eigenvalue weighted by atomic mass is 16.5. The zero-order valence-electron chi connectivity index (χ0n) is 17.8. The Morgan fingerprint density at radius 3 is 2.45 bits per heavy atom. The number of para-hydroxylation sites is 1. The standard InChI is InChI=1S/C23H31N3O3/c1-17-7-5-6-8-21(17)24-23(27)18(2)26-13-11-25(12-14-26)16-19-15-20(28-3)9-10-22(19)29-4/h5-10,15,18H,11-14,16H2,1-4H3,(H,24,27)/t18-/m0/s1. The van der Waals surface area contributed by atoms with Gasteiger partial charge in [0, 0.05) is 44.0 Å². The van der Waals surface area contributed by atoms with Gasteiger partial charge in [-0.3, -0.25) is 14.6 Å². The molecule has 1 aliphatic heterocycles. The molecule has 1 amide bonds. The Morgan fingerprint density at radius 1 is 1.07 bits per heavy atom. The quantitative estimate of drug-likeness (QED) is 0.778. The minimum atomic E-state index is -0.164. The molecule has 0 spiro atoms. The molecule has 0 aromatic heterocycles. The molecular weight excluding hydrogens is 366 g/mol. The van der Waals surface area contributed by atoms with Crippen LogP contribution in [0.1, 0.15) is 18.1 Å². The lowest BCUT2D eigenvalue weighted by atomic mass is 10.1. The van der Waals surface area contributed by atoms with Crippen molar-refractivity contribution >= 4 is 11.6 Å². The number of carbonyl (C=O) groups excluding carboxylic acids is 1. The number of anilines is 1. The maximum absolute atomic E-state index is 12.7. The smallest absolute Gasteiger partial charge is 0.241 e. The van der Waals surface area contributed by atoms with Crippen molar-refractivity contribution in [2.75, 3.05) is 45.7 Å². The lowest BCUT2D eigenvalue weighted by Crippen LogP contribution is -2.52. The second-order valence-corrected chi connectivity index (χ2v) is 7.47. The van der Waals surface area contributed by atoms with E-state index in [1.807, 2.05) is 56.3 Å². The number of rotatable bonds is 7. The van der Waals surface area contributed by atoms with E-state index in [9.17, 15) is 4.79 Å². The van der Waals surface area contributed by atoms with Crippen LogP contribution in [0, 0.1) is 6.92 Å². The number of methoxy groups -OCH3 is 2. The average Bonchev–Trinajstić information content (AvgIpc) is 2.75. The SMILES string of the molecule is COc1ccc(OC)c(CN2CCN([C@@H](C)C(=O)Nc3ccccc3C)CC2)c1. The summed E-state index contributed by atoms with van der Waals surface area (Å²) in [6.45, 7) is 8.31. The average molecular weight is 398 g/mol. The van der Waals surface area contributed by atoms with Gasteiger partial charge in [-0.15, -0.1) is 0 Å². The van der Waals surface area contributed by atoms with Crippen molar-refractivity contribution in [1.29, 1.82) is 0 Å². The molecular formula is C23H31N3O3. The van der Waals surface area contributed by atoms with Crippen LogP contribution >= 0.6 is 0 Å². The fraction of sp³-hybridized carbons (Fsp3) is 0.435. The van der Waals surface area contributed by atoms with E-state index in [0.717, 1.165) is 61.0 Å². The monoisotopic (exact) mass is 397 g/mol. The predicted octanol–water partition coefficient (Wildman–Crippen LogP) is 3.16. The van der Waals surface area contributed by atoms with Crippen molar-refractivity contribution in [3.05, 3.63) is 53.6 Å². The number of amides is 1. The van der Waals surface area contributed by atoms with Crippen LogP contribution < -0.4 is 14.8 Å². The minimum absolute atomic E-state index is 0.0437. The maximum atomic E-state index is 12.7. The van der Waals surface area contributed by atoms with Crippen molar-refractivity contribution in [3.8, 4) is 11.5 Å². The van der Waals surface area contributed by atoms with Gasteiger partial charge in [0.05, 0.1) is 20.3 Å². The van der Waals surface area contributed by atoms with Gasteiger partial charge in [0.15, 0.2) is 0 Å². The van der Waals surface area contributed by atoms with Gasteiger partial charge in [-0.25, -0.2) is 0 Å². The molecule has 6 heteroatoms. The summed E-state index contributed by atoms with van der Waals surface area (Å²) in [5, 5.41) is 3.06. The molecule has 1 atom stereocenters. The van der Waals surface area contributed by atoms with E-state index in [2.05, 4.69) is 15.1 Å². The van der Waals surface area contributed by atoms with Crippen LogP contribution in [0.5, 0.6) is 11.5 Å². The molecule has 2 aromatic carbocycles. The molecule has 0 unspecified atom stereocenters. The van der Waals surface area contributed by atoms with Gasteiger partial charge in [-0.2, -0.15) is 0 Å². The Balaban J connectivity index is 1.55. The van der Waals surface area contributed by atoms with E-state index in [0.29, 0.717) is 0 Å². The van der Waals surface area contributed by atoms with Gasteiger partial charge in [0.2, 0.25) is 5.91 Å². The lowest BCUT2D eigenvalue weighted by Gasteiger charge is -2.37. The molecule has 0 bridgehead atoms. The number of benzene rings is 2. The predicted molar refractivity (Wildman–Crippen MR) is 116 cm³/mol. The number of piperazine rings is 1. The Labute approximate surface area is 173 Å². The first kappa shape index (κ1) is 21.1. The molecule has 1 saturated heterocycles. The number of aryl methyl sites for hydroxylation is 1. The zero-order valence-corrected chi connectivity index (χ0v) is 17.8. The summed E-state index contributed by atoms with van der Waals surface area (Å²) in [5.41, 5.74) is 3.07. The molecule has 6 nitrogen and oxygen atoms in total. The number of carbonyl (C=O) groups is 1. The molecule has 2 aromatic rings. The summed E-state index contributed by atoms with van der Waals surface area (Å²) in [4.78, 5) is 17.3. The third-order valence-electron chi connectivity index (χ3n) is 5.62. The molecule has 29 heavy (non-hydrogen) atoms. The van der Waals surface area contributed by atoms with E-state index >= 15 is 0 Å². The van der Waals surface area contributed by atoms with Crippen LogP contribution in [0.15, 0.2) is 42.5 Å². The van der Waals surface area contributed by atoms with E-state index in [1.54, 1.807) is 14.2 Å². The lowest BCUT2D eigenvalue weighted by molar-refractivity contribution is -0.121. The number of nitrogens with zero attached hydrogens (tertiary/aromatic N) is 2. The van der Waals surface area contributed by atoms with Crippen molar-refractivity contribution < 1.29 is 14.3 Å². The van der Waals surface area contributed by atoms with Crippen LogP contribution in [0.4, 0.5) is 5.69 Å². The second kappa shape index (κ2) is 9.76. The number of nitrogens with one attached hydrogen (secondary N) is 1. The molecule has 3 rings (SSSR count). The fourth-order valence-electron chi connectivity index (χ4n) is 3.67. The van der Waals surface area contributed by atoms with E-state index in [4.69, 9.17) is 9.47 Å². The summed E-state index contributed by atoms with van der Waals surface area (Å²) in [6.07, 6.45) is 0. The Hall–Kier alpha value is -2.57. The van der Waals surface area contributed by atoms with Crippen molar-refractivity contribution in [2.45, 2.75) is 26.4 Å². The normalized spacial score (nSPS) is 16.3. The highest BCUT2D eigenvalue weighted by Gasteiger charge is 2.26. The summed E-state index contributed by atoms with van der Waals surface area (Å²) in [6, 6.07) is 13.6. The van der Waals surface area contributed by atoms with Gasteiger partial charge in [-0.1, -0.05) is 18.2 Å². The number of hydrogen-bond donors (Lipinski definition) is 1. The summed E-state index contributed by atoms with van der Waals surface area (Å²) in [7, 11) is 3.37. The molecule has 156 valence electrons. The van der Waals surface area contributed by atoms with Gasteiger partial charge in [0.25, 0.3) is 0 Å². The van der Waals surface area contributed by atoms with Crippen molar-refractivity contribution in [1.82, 2.24) is 9.80 Å². The third kappa shape index (κ3) is 5.28. The first-order chi connectivity index (χ1) is 14.0. The van der Waals surface area contributed by atoms with E-state index in [-0.39, 0.29) is 11.9 Å². The Kier molecular flexibility index (Phi) is 7.12. The largest absolute Gasteiger partial charge is 0.497 e. The Bertz CT molecular complexity index is 832. The van der Waals surface area contributed by atoms with Gasteiger partial charge in [0.1, 0.15) is 11.5 Å². The van der Waals surface area contributed by atoms with Crippen LogP contribution in [0.2, 0.25) is 0 Å². The van der Waals surface area contributed by atoms with Crippen LogP contribution in [-0.2, 0) is 11.3 Å². The molecule has 1 heterocycles. The van der Waals surface area contributed by atoms with Gasteiger partial charge in [-0.05, 0) is 43.7 Å². The van der Waals surface area contributed by atoms with Crippen molar-refractivity contribution in [3.63, 3.8) is 0 Å². The van der Waals surface area contributed by atoms with Crippen LogP contribution in [-0.4, -0.2) is 62.1 Å². The molecule has 0 saturated carbocycles. The molecule has 1 fully saturated rings. The highest BCUT2D eigenvalue weighted by molar-refractivity contribution is 5.95. The Morgan fingerprint density at radius 2 is 1.79 bits per heavy atom. The van der Waals surface area contributed by atoms with Gasteiger partial charge < -0.3 is 14.8 Å². The number of hydrogen-bond acceptors (Lipinski definition) is 5. The molecule has 1 N–H and O–H groups in total. The van der Waals surface area contributed by atoms with Gasteiger partial charge >= 0.3 is 0 Å². The van der Waals surface area contributed by atoms with E-state index < -0.39 is 0 Å². The van der Waals surface area contributed by atoms with Crippen LogP contribution in [0.3, 0.4) is 0 Å². The molecule has 1 aliphatic rings. The summed E-state index contributed by atoms with van der Waals surface area (Å²) in [5.74, 6) is 1.75. The van der Waals surface area contributed by atoms with Crippen LogP contribution in [0.25, 0.3) is 0 Å². The maximum Gasteiger partial charge on any atom is 0.241 e. The minimum Gasteiger partial charge on any atom is -0.497 e. The number of ether oxygens (including phenoxy) is 2. The first-order valence-electron chi connectivity index (χ1n) is 10.1. The second-order valence-electron chi connectivity index (χ2n) is 7.47. The molecule has 0 radical (unpaired) electrons. The topological polar surface area (TPSA) is 54.0 Å². The summed E-state index contributed by atoms with van der Waals surface area (Å²) < 4.78 is 10.8. The van der Waals surface area contributed by atoms with Crippen molar-refractivity contribution in [2.24, 2.45) is 0 Å². The summed E-state index contributed by atoms with van der Waals surface area (Å²) >= 11 is 0. The first-order valence-corrected chi connectivity index (χ1v) is 10.1. The highest BCUT2D eigenvalue weighted by Crippen LogP contribution is 2.26. The fourth-order valence-corrected chi connectivity index (χ4v) is 3.67. The third-order valence-corrected chi connectivity index (χ3v) is 5.62. The zero-order chi connectivity index (χ0) is 20.8.